The predicted octanol–water partition coefficient (Wildman–Crippen LogP) is 2.74. The van der Waals surface area contributed by atoms with Gasteiger partial charge in [0.05, 0.1) is 5.69 Å². The van der Waals surface area contributed by atoms with Gasteiger partial charge in [0, 0.05) is 30.2 Å². The van der Waals surface area contributed by atoms with Gasteiger partial charge < -0.3 is 16.8 Å². The van der Waals surface area contributed by atoms with Gasteiger partial charge in [0.25, 0.3) is 0 Å². The molecular formula is C18H23N7. The molecule has 1 saturated carbocycles. The van der Waals surface area contributed by atoms with Gasteiger partial charge in [-0.2, -0.15) is 0 Å². The molecule has 1 aliphatic carbocycles. The van der Waals surface area contributed by atoms with Crippen molar-refractivity contribution in [3.05, 3.63) is 41.9 Å². The minimum Gasteiger partial charge on any atom is -0.382 e. The summed E-state index contributed by atoms with van der Waals surface area (Å²) in [6.45, 7) is 2.02. The molecule has 5 N–H and O–H groups in total. The molecule has 3 heterocycles. The molecule has 7 heteroatoms. The first-order valence-electron chi connectivity index (χ1n) is 8.70. The normalized spacial score (nSPS) is 20.7. The first kappa shape index (κ1) is 15.8. The molecule has 0 amide bonds. The number of nitrogens with zero attached hydrogens (tertiary/aromatic N) is 4. The van der Waals surface area contributed by atoms with E-state index < -0.39 is 0 Å². The van der Waals surface area contributed by atoms with Gasteiger partial charge in [0.2, 0.25) is 0 Å². The molecule has 0 aliphatic heterocycles. The van der Waals surface area contributed by atoms with Crippen LogP contribution < -0.4 is 16.8 Å². The maximum atomic E-state index is 6.34. The van der Waals surface area contributed by atoms with Gasteiger partial charge in [-0.05, 0) is 50.2 Å². The van der Waals surface area contributed by atoms with E-state index in [1.54, 1.807) is 16.9 Å². The van der Waals surface area contributed by atoms with E-state index in [1.807, 2.05) is 25.3 Å². The van der Waals surface area contributed by atoms with Crippen LogP contribution >= 0.6 is 0 Å². The van der Waals surface area contributed by atoms with E-state index in [1.165, 1.54) is 0 Å². The standard InChI is InChI=1S/C18H23N7/c1-11-2-7-14(22-10-11)23-16-15(12-3-5-13(19)6-4-12)17(20)24-25-9-8-21-18(16)25/h2,7-10,12-13H,3-6,19H2,1H3,(H2,20,24)(H,22,23). The molecule has 0 atom stereocenters. The van der Waals surface area contributed by atoms with E-state index in [0.717, 1.165) is 54.0 Å². The number of imidazole rings is 1. The van der Waals surface area contributed by atoms with Crippen molar-refractivity contribution in [3.63, 3.8) is 0 Å². The number of aryl methyl sites for hydroxylation is 1. The zero-order valence-electron chi connectivity index (χ0n) is 14.3. The molecule has 1 aliphatic rings. The number of nitrogen functional groups attached to an aromatic ring is 1. The Morgan fingerprint density at radius 3 is 2.68 bits per heavy atom. The molecule has 0 saturated heterocycles. The van der Waals surface area contributed by atoms with E-state index in [9.17, 15) is 0 Å². The highest BCUT2D eigenvalue weighted by Crippen LogP contribution is 2.40. The molecule has 4 rings (SSSR count). The molecule has 0 unspecified atom stereocenters. The summed E-state index contributed by atoms with van der Waals surface area (Å²) in [4.78, 5) is 8.94. The summed E-state index contributed by atoms with van der Waals surface area (Å²) in [5, 5.41) is 7.92. The van der Waals surface area contributed by atoms with Gasteiger partial charge in [-0.3, -0.25) is 0 Å². The number of anilines is 3. The monoisotopic (exact) mass is 337 g/mol. The fraction of sp³-hybridized carbons (Fsp3) is 0.389. The number of pyridine rings is 1. The Morgan fingerprint density at radius 2 is 1.96 bits per heavy atom. The second-order valence-corrected chi connectivity index (χ2v) is 6.83. The molecule has 25 heavy (non-hydrogen) atoms. The summed E-state index contributed by atoms with van der Waals surface area (Å²) in [5.74, 6) is 1.65. The number of nitrogens with two attached hydrogens (primary N) is 2. The first-order valence-corrected chi connectivity index (χ1v) is 8.70. The Hall–Kier alpha value is -2.67. The van der Waals surface area contributed by atoms with Gasteiger partial charge in [0.15, 0.2) is 5.65 Å². The number of hydrogen-bond donors (Lipinski definition) is 3. The fourth-order valence-corrected chi connectivity index (χ4v) is 3.59. The highest BCUT2D eigenvalue weighted by Gasteiger charge is 2.27. The van der Waals surface area contributed by atoms with E-state index in [4.69, 9.17) is 11.5 Å². The second kappa shape index (κ2) is 6.33. The van der Waals surface area contributed by atoms with Gasteiger partial charge in [0.1, 0.15) is 11.6 Å². The molecular weight excluding hydrogens is 314 g/mol. The lowest BCUT2D eigenvalue weighted by Gasteiger charge is -2.28. The molecule has 1 fully saturated rings. The number of nitrogens with one attached hydrogen (secondary N) is 1. The topological polar surface area (TPSA) is 107 Å². The Kier molecular flexibility index (Phi) is 4.01. The zero-order chi connectivity index (χ0) is 17.4. The smallest absolute Gasteiger partial charge is 0.177 e. The number of rotatable bonds is 3. The van der Waals surface area contributed by atoms with Crippen LogP contribution in [-0.4, -0.2) is 25.6 Å². The maximum Gasteiger partial charge on any atom is 0.177 e. The molecule has 3 aromatic heterocycles. The highest BCUT2D eigenvalue weighted by atomic mass is 15.3. The molecule has 3 aromatic rings. The minimum absolute atomic E-state index is 0.288. The third kappa shape index (κ3) is 3.02. The van der Waals surface area contributed by atoms with Crippen molar-refractivity contribution < 1.29 is 0 Å². The van der Waals surface area contributed by atoms with Crippen LogP contribution in [0.5, 0.6) is 0 Å². The molecule has 0 spiro atoms. The van der Waals surface area contributed by atoms with Crippen LogP contribution in [0.25, 0.3) is 5.65 Å². The summed E-state index contributed by atoms with van der Waals surface area (Å²) in [6.07, 6.45) is 9.42. The highest BCUT2D eigenvalue weighted by molar-refractivity contribution is 5.79. The van der Waals surface area contributed by atoms with Gasteiger partial charge in [-0.15, -0.1) is 5.10 Å². The van der Waals surface area contributed by atoms with Crippen molar-refractivity contribution >= 4 is 23.0 Å². The quantitative estimate of drug-likeness (QED) is 0.678. The summed E-state index contributed by atoms with van der Waals surface area (Å²) in [7, 11) is 0. The Bertz CT molecular complexity index is 876. The Morgan fingerprint density at radius 1 is 1.16 bits per heavy atom. The zero-order valence-corrected chi connectivity index (χ0v) is 14.3. The van der Waals surface area contributed by atoms with Crippen molar-refractivity contribution in [2.24, 2.45) is 5.73 Å². The van der Waals surface area contributed by atoms with Crippen LogP contribution in [0.15, 0.2) is 30.7 Å². The lowest BCUT2D eigenvalue weighted by atomic mass is 9.81. The van der Waals surface area contributed by atoms with Crippen molar-refractivity contribution in [1.29, 1.82) is 0 Å². The third-order valence-electron chi connectivity index (χ3n) is 4.95. The van der Waals surface area contributed by atoms with Crippen LogP contribution in [0, 0.1) is 6.92 Å². The van der Waals surface area contributed by atoms with E-state index >= 15 is 0 Å². The van der Waals surface area contributed by atoms with Gasteiger partial charge >= 0.3 is 0 Å². The maximum absolute atomic E-state index is 6.34. The Labute approximate surface area is 146 Å². The average Bonchev–Trinajstić information content (AvgIpc) is 3.06. The van der Waals surface area contributed by atoms with Crippen molar-refractivity contribution in [2.45, 2.75) is 44.6 Å². The lowest BCUT2D eigenvalue weighted by Crippen LogP contribution is -2.26. The van der Waals surface area contributed by atoms with Crippen LogP contribution in [0.1, 0.15) is 42.7 Å². The lowest BCUT2D eigenvalue weighted by molar-refractivity contribution is 0.396. The fourth-order valence-electron chi connectivity index (χ4n) is 3.59. The first-order chi connectivity index (χ1) is 12.1. The summed E-state index contributed by atoms with van der Waals surface area (Å²) in [5.41, 5.74) is 16.2. The minimum atomic E-state index is 0.288. The SMILES string of the molecule is Cc1ccc(Nc2c(C3CCC(N)CC3)c(N)nn3ccnc23)nc1. The Balaban J connectivity index is 1.80. The molecule has 130 valence electrons. The second-order valence-electron chi connectivity index (χ2n) is 6.83. The van der Waals surface area contributed by atoms with Gasteiger partial charge in [-0.25, -0.2) is 14.5 Å². The number of hydrogen-bond acceptors (Lipinski definition) is 6. The largest absolute Gasteiger partial charge is 0.382 e. The number of aromatic nitrogens is 4. The average molecular weight is 337 g/mol. The molecule has 0 aromatic carbocycles. The van der Waals surface area contributed by atoms with E-state index in [2.05, 4.69) is 20.4 Å². The van der Waals surface area contributed by atoms with Crippen molar-refractivity contribution in [2.75, 3.05) is 11.1 Å². The molecule has 0 radical (unpaired) electrons. The van der Waals surface area contributed by atoms with E-state index in [0.29, 0.717) is 11.7 Å². The van der Waals surface area contributed by atoms with Crippen LogP contribution in [0.3, 0.4) is 0 Å². The summed E-state index contributed by atoms with van der Waals surface area (Å²) in [6, 6.07) is 4.28. The summed E-state index contributed by atoms with van der Waals surface area (Å²) >= 11 is 0. The molecule has 7 nitrogen and oxygen atoms in total. The third-order valence-corrected chi connectivity index (χ3v) is 4.95. The van der Waals surface area contributed by atoms with Crippen LogP contribution in [0.2, 0.25) is 0 Å². The van der Waals surface area contributed by atoms with Crippen LogP contribution in [0.4, 0.5) is 17.3 Å². The molecule has 0 bridgehead atoms. The summed E-state index contributed by atoms with van der Waals surface area (Å²) < 4.78 is 1.71. The van der Waals surface area contributed by atoms with Crippen molar-refractivity contribution in [3.8, 4) is 0 Å². The van der Waals surface area contributed by atoms with Gasteiger partial charge in [-0.1, -0.05) is 6.07 Å². The van der Waals surface area contributed by atoms with E-state index in [-0.39, 0.29) is 6.04 Å². The van der Waals surface area contributed by atoms with Crippen LogP contribution in [-0.2, 0) is 0 Å². The van der Waals surface area contributed by atoms with Crippen molar-refractivity contribution in [1.82, 2.24) is 19.6 Å². The number of fused-ring (bicyclic) bond motifs is 1. The predicted molar refractivity (Wildman–Crippen MR) is 98.8 cm³/mol.